The molecule has 0 unspecified atom stereocenters. The summed E-state index contributed by atoms with van der Waals surface area (Å²) in [7, 11) is 0. The van der Waals surface area contributed by atoms with E-state index in [-0.39, 0.29) is 11.4 Å². The lowest BCUT2D eigenvalue weighted by atomic mass is 9.93. The molecule has 0 bridgehead atoms. The number of hydrogen-bond donors (Lipinski definition) is 9. The second kappa shape index (κ2) is 19.4. The number of amides is 5. The maximum absolute atomic E-state index is 13.4. The highest BCUT2D eigenvalue weighted by molar-refractivity contribution is 6.30. The second-order valence-corrected chi connectivity index (χ2v) is 13.7. The predicted octanol–water partition coefficient (Wildman–Crippen LogP) is 3.47. The Balaban J connectivity index is 1.44. The van der Waals surface area contributed by atoms with Gasteiger partial charge >= 0.3 is 24.4 Å². The van der Waals surface area contributed by atoms with Gasteiger partial charge in [0, 0.05) is 22.5 Å². The van der Waals surface area contributed by atoms with E-state index in [9.17, 15) is 61.2 Å². The third kappa shape index (κ3) is 12.0. The fourth-order valence-corrected chi connectivity index (χ4v) is 6.32. The van der Waals surface area contributed by atoms with Crippen LogP contribution < -0.4 is 26.6 Å². The Morgan fingerprint density at radius 2 is 1.32 bits per heavy atom. The molecule has 0 aromatic heterocycles. The van der Waals surface area contributed by atoms with E-state index in [4.69, 9.17) is 25.8 Å². The average Bonchev–Trinajstić information content (AvgIpc) is 3.18. The molecule has 15 nitrogen and oxygen atoms in total. The van der Waals surface area contributed by atoms with Crippen LogP contribution in [0.4, 0.5) is 47.3 Å². The Hall–Kier alpha value is -5.00. The number of alkyl halides is 6. The number of hydrogen-bond acceptors (Lipinski definition) is 10. The molecule has 2 aliphatic rings. The largest absolute Gasteiger partial charge is 0.416 e. The zero-order valence-corrected chi connectivity index (χ0v) is 31.0. The molecule has 2 heterocycles. The molecule has 2 saturated heterocycles. The highest BCUT2D eigenvalue weighted by atomic mass is 35.5. The maximum Gasteiger partial charge on any atom is 0.416 e. The van der Waals surface area contributed by atoms with Gasteiger partial charge in [0.25, 0.3) is 0 Å². The number of aliphatic hydroxyl groups is 4. The van der Waals surface area contributed by atoms with Gasteiger partial charge in [-0.25, -0.2) is 9.59 Å². The molecular formula is C37H38ClF6N5O10. The van der Waals surface area contributed by atoms with E-state index in [2.05, 4.69) is 26.6 Å². The summed E-state index contributed by atoms with van der Waals surface area (Å²) < 4.78 is 97.7. The summed E-state index contributed by atoms with van der Waals surface area (Å²) in [6.07, 6.45) is -17.1. The van der Waals surface area contributed by atoms with Crippen molar-refractivity contribution in [3.63, 3.8) is 0 Å². The van der Waals surface area contributed by atoms with Crippen molar-refractivity contribution in [2.75, 3.05) is 30.5 Å². The molecule has 9 atom stereocenters. The Labute approximate surface area is 336 Å². The molecule has 0 radical (unpaired) electrons. The van der Waals surface area contributed by atoms with Crippen LogP contribution in [0.3, 0.4) is 0 Å². The Kier molecular flexibility index (Phi) is 14.8. The second-order valence-electron chi connectivity index (χ2n) is 13.3. The third-order valence-electron chi connectivity index (χ3n) is 9.11. The molecule has 2 fully saturated rings. The van der Waals surface area contributed by atoms with Crippen molar-refractivity contribution < 1.29 is 75.4 Å². The Morgan fingerprint density at radius 3 is 1.86 bits per heavy atom. The third-order valence-corrected chi connectivity index (χ3v) is 9.36. The SMILES string of the molecule is O=C(/C=C/c1ccc(Cl)cc1)N[C@@H]1[C@H](O[C@@H]2O[C@H](CO)[C@@H](O)[C@H](O)[C@H]2NC(=O)Nc2cccc(C(F)(F)F)c2)[C@@H](NC(=O)Nc2cccc(C(F)(F)F)c2)CO[C@@H]1CO. The summed E-state index contributed by atoms with van der Waals surface area (Å²) in [6, 6.07) is 6.71. The molecule has 320 valence electrons. The van der Waals surface area contributed by atoms with Gasteiger partial charge in [-0.1, -0.05) is 35.9 Å². The Bertz CT molecular complexity index is 1960. The predicted molar refractivity (Wildman–Crippen MR) is 197 cm³/mol. The summed E-state index contributed by atoms with van der Waals surface area (Å²) in [6.45, 7) is -2.15. The fraction of sp³-hybridized carbons (Fsp3) is 0.378. The molecule has 5 amide bonds. The van der Waals surface area contributed by atoms with Gasteiger partial charge in [-0.05, 0) is 60.2 Å². The number of aliphatic hydroxyl groups excluding tert-OH is 4. The van der Waals surface area contributed by atoms with Crippen LogP contribution in [0.5, 0.6) is 0 Å². The van der Waals surface area contributed by atoms with Crippen molar-refractivity contribution in [1.29, 1.82) is 0 Å². The zero-order valence-electron chi connectivity index (χ0n) is 30.3. The van der Waals surface area contributed by atoms with Gasteiger partial charge in [0.05, 0.1) is 43.0 Å². The van der Waals surface area contributed by atoms with E-state index in [0.717, 1.165) is 36.4 Å². The summed E-state index contributed by atoms with van der Waals surface area (Å²) in [5, 5.41) is 54.3. The topological polar surface area (TPSA) is 220 Å². The van der Waals surface area contributed by atoms with Crippen LogP contribution in [-0.2, 0) is 31.4 Å². The fourth-order valence-electron chi connectivity index (χ4n) is 6.20. The van der Waals surface area contributed by atoms with Crippen LogP contribution in [0.25, 0.3) is 6.08 Å². The summed E-state index contributed by atoms with van der Waals surface area (Å²) in [5.41, 5.74) is -2.20. The van der Waals surface area contributed by atoms with Crippen LogP contribution in [0.1, 0.15) is 16.7 Å². The quantitative estimate of drug-likeness (QED) is 0.101. The maximum atomic E-state index is 13.4. The molecule has 22 heteroatoms. The Morgan fingerprint density at radius 1 is 0.763 bits per heavy atom. The van der Waals surface area contributed by atoms with Gasteiger partial charge < -0.3 is 61.2 Å². The minimum absolute atomic E-state index is 0.272. The number of halogens is 7. The summed E-state index contributed by atoms with van der Waals surface area (Å²) in [5.74, 6) is -0.793. The van der Waals surface area contributed by atoms with Crippen LogP contribution >= 0.6 is 11.6 Å². The van der Waals surface area contributed by atoms with E-state index in [1.54, 1.807) is 24.3 Å². The van der Waals surface area contributed by atoms with Crippen LogP contribution in [0.15, 0.2) is 78.9 Å². The van der Waals surface area contributed by atoms with Crippen LogP contribution in [-0.4, -0.2) is 113 Å². The highest BCUT2D eigenvalue weighted by Crippen LogP contribution is 2.33. The molecule has 2 aliphatic heterocycles. The van der Waals surface area contributed by atoms with Crippen molar-refractivity contribution in [3.8, 4) is 0 Å². The minimum Gasteiger partial charge on any atom is -0.394 e. The molecule has 0 saturated carbocycles. The standard InChI is InChI=1S/C37H38ClF6N5O10/c38-21-10-7-18(8-11-21)9-12-27(52)48-28-25(15-50)57-17-24(47-34(55)45-22-5-1-3-19(13-22)36(39,40)41)32(28)59-33-29(31(54)30(53)26(16-51)58-33)49-35(56)46-23-6-2-4-20(14-23)37(42,43)44/h1-14,24-26,28-33,50-51,53-54H,15-17H2,(H,48,52)(H2,45,47,55)(H2,46,49,56)/b12-9+/t24-,25+,26+,28-,29+,30+,31+,32+,33-/m0/s1. The van der Waals surface area contributed by atoms with Gasteiger partial charge in [0.2, 0.25) is 5.91 Å². The van der Waals surface area contributed by atoms with E-state index in [0.29, 0.717) is 22.7 Å². The first-order valence-electron chi connectivity index (χ1n) is 17.6. The number of carbonyl (C=O) groups is 3. The molecular weight excluding hydrogens is 824 g/mol. The number of anilines is 2. The number of nitrogens with one attached hydrogen (secondary N) is 5. The molecule has 3 aromatic rings. The number of benzene rings is 3. The van der Waals surface area contributed by atoms with Crippen LogP contribution in [0.2, 0.25) is 5.02 Å². The monoisotopic (exact) mass is 861 g/mol. The van der Waals surface area contributed by atoms with Gasteiger partial charge in [-0.3, -0.25) is 4.79 Å². The van der Waals surface area contributed by atoms with E-state index in [1.165, 1.54) is 12.1 Å². The van der Waals surface area contributed by atoms with Gasteiger partial charge in [-0.2, -0.15) is 26.3 Å². The minimum atomic E-state index is -4.76. The molecule has 3 aromatic carbocycles. The van der Waals surface area contributed by atoms with Crippen molar-refractivity contribution in [3.05, 3.63) is 101 Å². The number of urea groups is 2. The molecule has 0 spiro atoms. The van der Waals surface area contributed by atoms with Crippen molar-refractivity contribution in [1.82, 2.24) is 16.0 Å². The lowest BCUT2D eigenvalue weighted by Crippen LogP contribution is -2.70. The van der Waals surface area contributed by atoms with Crippen LogP contribution in [0, 0.1) is 0 Å². The molecule has 9 N–H and O–H groups in total. The van der Waals surface area contributed by atoms with E-state index < -0.39 is 116 Å². The first kappa shape index (κ1) is 45.1. The first-order valence-corrected chi connectivity index (χ1v) is 18.0. The number of ether oxygens (including phenoxy) is 3. The average molecular weight is 862 g/mol. The zero-order chi connectivity index (χ0) is 43.1. The summed E-state index contributed by atoms with van der Waals surface area (Å²) >= 11 is 5.93. The number of carbonyl (C=O) groups excluding carboxylic acids is 3. The molecule has 0 aliphatic carbocycles. The summed E-state index contributed by atoms with van der Waals surface area (Å²) in [4.78, 5) is 39.7. The van der Waals surface area contributed by atoms with Crippen molar-refractivity contribution >= 4 is 47.0 Å². The molecule has 5 rings (SSSR count). The van der Waals surface area contributed by atoms with E-state index >= 15 is 0 Å². The van der Waals surface area contributed by atoms with Gasteiger partial charge in [0.1, 0.15) is 36.6 Å². The lowest BCUT2D eigenvalue weighted by molar-refractivity contribution is -0.293. The number of rotatable bonds is 11. The smallest absolute Gasteiger partial charge is 0.394 e. The normalized spacial score (nSPS) is 26.2. The first-order chi connectivity index (χ1) is 27.9. The van der Waals surface area contributed by atoms with Crippen molar-refractivity contribution in [2.24, 2.45) is 0 Å². The molecule has 59 heavy (non-hydrogen) atoms. The lowest BCUT2D eigenvalue weighted by Gasteiger charge is -2.47. The highest BCUT2D eigenvalue weighted by Gasteiger charge is 2.50. The van der Waals surface area contributed by atoms with E-state index in [1.807, 2.05) is 0 Å². The van der Waals surface area contributed by atoms with Crippen molar-refractivity contribution in [2.45, 2.75) is 67.3 Å². The van der Waals surface area contributed by atoms with Gasteiger partial charge in [-0.15, -0.1) is 0 Å². The van der Waals surface area contributed by atoms with Gasteiger partial charge in [0.15, 0.2) is 6.29 Å².